The second kappa shape index (κ2) is 7.43. The molecule has 2 aromatic rings. The molecule has 6 nitrogen and oxygen atoms in total. The van der Waals surface area contributed by atoms with Gasteiger partial charge in [0.05, 0.1) is 21.3 Å². The van der Waals surface area contributed by atoms with E-state index < -0.39 is 49.8 Å². The van der Waals surface area contributed by atoms with Crippen LogP contribution in [0.15, 0.2) is 53.4 Å². The first-order valence-electron chi connectivity index (χ1n) is 6.68. The highest BCUT2D eigenvalue weighted by Gasteiger charge is 2.34. The quantitative estimate of drug-likeness (QED) is 0.347. The van der Waals surface area contributed by atoms with E-state index in [0.717, 1.165) is 6.07 Å². The molecule has 0 unspecified atom stereocenters. The van der Waals surface area contributed by atoms with Crippen molar-refractivity contribution in [3.8, 4) is 5.75 Å². The summed E-state index contributed by atoms with van der Waals surface area (Å²) in [5.41, 5.74) is -2.22. The topological polar surface area (TPSA) is 86.5 Å². The van der Waals surface area contributed by atoms with Crippen LogP contribution in [-0.2, 0) is 21.8 Å². The van der Waals surface area contributed by atoms with Gasteiger partial charge in [-0.2, -0.15) is 13.2 Å². The van der Waals surface area contributed by atoms with Crippen molar-refractivity contribution in [2.75, 3.05) is 5.75 Å². The second-order valence-electron chi connectivity index (χ2n) is 4.71. The van der Waals surface area contributed by atoms with Gasteiger partial charge in [0.1, 0.15) is 16.4 Å². The lowest BCUT2D eigenvalue weighted by Crippen LogP contribution is -2.18. The summed E-state index contributed by atoms with van der Waals surface area (Å²) in [7, 11) is -2.24. The molecule has 0 fully saturated rings. The highest BCUT2D eigenvalue weighted by molar-refractivity contribution is 7.85. The van der Waals surface area contributed by atoms with E-state index >= 15 is 0 Å². The Hall–Kier alpha value is -2.75. The van der Waals surface area contributed by atoms with Crippen molar-refractivity contribution in [2.24, 2.45) is 0 Å². The molecule has 0 bridgehead atoms. The minimum absolute atomic E-state index is 0.186. The van der Waals surface area contributed by atoms with E-state index in [1.807, 2.05) is 0 Å². The Balaban J connectivity index is 2.21. The molecule has 0 heterocycles. The van der Waals surface area contributed by atoms with Crippen molar-refractivity contribution >= 4 is 22.5 Å². The molecular weight excluding hydrogens is 363 g/mol. The lowest BCUT2D eigenvalue weighted by atomic mass is 10.2. The van der Waals surface area contributed by atoms with Crippen LogP contribution in [0.3, 0.4) is 0 Å². The zero-order valence-corrected chi connectivity index (χ0v) is 13.2. The highest BCUT2D eigenvalue weighted by Crippen LogP contribution is 2.34. The van der Waals surface area contributed by atoms with Crippen LogP contribution in [0.5, 0.6) is 5.75 Å². The molecule has 132 valence electrons. The SMILES string of the molecule is O=C(C[S@](=O)c1ccc(C(F)(F)F)cc1[N+](=O)[O-])Oc1ccccc1. The lowest BCUT2D eigenvalue weighted by molar-refractivity contribution is -0.388. The van der Waals surface area contributed by atoms with Crippen LogP contribution >= 0.6 is 0 Å². The standard InChI is InChI=1S/C15H10F3NO5S/c16-15(17,18)10-6-7-13(12(8-10)19(21)22)25(23)9-14(20)24-11-4-2-1-3-5-11/h1-8H,9H2/t25-/m0/s1. The Kier molecular flexibility index (Phi) is 5.52. The van der Waals surface area contributed by atoms with Crippen LogP contribution in [0, 0.1) is 10.1 Å². The van der Waals surface area contributed by atoms with Crippen LogP contribution in [0.25, 0.3) is 0 Å². The van der Waals surface area contributed by atoms with Crippen LogP contribution in [0.2, 0.25) is 0 Å². The van der Waals surface area contributed by atoms with Crippen LogP contribution < -0.4 is 4.74 Å². The fourth-order valence-corrected chi connectivity index (χ4v) is 2.88. The van der Waals surface area contributed by atoms with Gasteiger partial charge >= 0.3 is 12.1 Å². The van der Waals surface area contributed by atoms with E-state index in [0.29, 0.717) is 6.07 Å². The van der Waals surface area contributed by atoms with Gasteiger partial charge in [-0.3, -0.25) is 19.1 Å². The zero-order valence-electron chi connectivity index (χ0n) is 12.4. The number of rotatable bonds is 5. The average Bonchev–Trinajstić information content (AvgIpc) is 2.54. The minimum atomic E-state index is -4.78. The number of nitrogens with zero attached hydrogens (tertiary/aromatic N) is 1. The van der Waals surface area contributed by atoms with Gasteiger partial charge < -0.3 is 4.74 Å². The molecule has 0 N–H and O–H groups in total. The largest absolute Gasteiger partial charge is 0.426 e. The number of nitro groups is 1. The van der Waals surface area contributed by atoms with E-state index in [1.54, 1.807) is 18.2 Å². The molecule has 10 heteroatoms. The first kappa shape index (κ1) is 18.6. The molecule has 0 aromatic heterocycles. The molecule has 0 amide bonds. The number of carbonyl (C=O) groups excluding carboxylic acids is 1. The third-order valence-electron chi connectivity index (χ3n) is 2.95. The molecule has 0 spiro atoms. The van der Waals surface area contributed by atoms with Crippen molar-refractivity contribution in [1.82, 2.24) is 0 Å². The van der Waals surface area contributed by atoms with Crippen molar-refractivity contribution in [3.63, 3.8) is 0 Å². The predicted octanol–water partition coefficient (Wildman–Crippen LogP) is 3.33. The van der Waals surface area contributed by atoms with E-state index in [-0.39, 0.29) is 11.8 Å². The van der Waals surface area contributed by atoms with Gasteiger partial charge in [0, 0.05) is 6.07 Å². The van der Waals surface area contributed by atoms with E-state index in [1.165, 1.54) is 12.1 Å². The molecule has 0 aliphatic carbocycles. The maximum atomic E-state index is 12.6. The molecule has 1 atom stereocenters. The lowest BCUT2D eigenvalue weighted by Gasteiger charge is -2.09. The minimum Gasteiger partial charge on any atom is -0.426 e. The summed E-state index contributed by atoms with van der Waals surface area (Å²) in [4.78, 5) is 21.1. The van der Waals surface area contributed by atoms with Gasteiger partial charge in [0.2, 0.25) is 0 Å². The molecule has 0 aliphatic heterocycles. The summed E-state index contributed by atoms with van der Waals surface area (Å²) in [6.45, 7) is 0. The number of carbonyl (C=O) groups is 1. The van der Waals surface area contributed by atoms with Gasteiger partial charge in [-0.05, 0) is 24.3 Å². The molecule has 0 saturated carbocycles. The Morgan fingerprint density at radius 2 is 1.80 bits per heavy atom. The Labute approximate surface area is 141 Å². The summed E-state index contributed by atoms with van der Waals surface area (Å²) in [6.07, 6.45) is -4.78. The summed E-state index contributed by atoms with van der Waals surface area (Å²) >= 11 is 0. The van der Waals surface area contributed by atoms with Gasteiger partial charge in [0.25, 0.3) is 5.69 Å². The molecule has 0 saturated heterocycles. The molecule has 2 aromatic carbocycles. The Morgan fingerprint density at radius 3 is 2.36 bits per heavy atom. The second-order valence-corrected chi connectivity index (χ2v) is 6.13. The zero-order chi connectivity index (χ0) is 18.6. The van der Waals surface area contributed by atoms with Crippen LogP contribution in [0.1, 0.15) is 5.56 Å². The number of esters is 1. The third kappa shape index (κ3) is 4.86. The number of alkyl halides is 3. The predicted molar refractivity (Wildman–Crippen MR) is 81.5 cm³/mol. The first-order chi connectivity index (χ1) is 11.7. The van der Waals surface area contributed by atoms with Gasteiger partial charge in [-0.1, -0.05) is 18.2 Å². The Bertz CT molecular complexity index is 824. The molecule has 0 aliphatic rings. The average molecular weight is 373 g/mol. The summed E-state index contributed by atoms with van der Waals surface area (Å²) < 4.78 is 55.0. The highest BCUT2D eigenvalue weighted by atomic mass is 32.2. The number of benzene rings is 2. The third-order valence-corrected chi connectivity index (χ3v) is 4.29. The summed E-state index contributed by atoms with van der Waals surface area (Å²) in [5.74, 6) is -1.48. The van der Waals surface area contributed by atoms with Crippen LogP contribution in [0.4, 0.5) is 18.9 Å². The Morgan fingerprint density at radius 1 is 1.16 bits per heavy atom. The monoisotopic (exact) mass is 373 g/mol. The van der Waals surface area contributed by atoms with E-state index in [9.17, 15) is 32.3 Å². The summed E-state index contributed by atoms with van der Waals surface area (Å²) in [5, 5.41) is 11.0. The fraction of sp³-hybridized carbons (Fsp3) is 0.133. The molecule has 2 rings (SSSR count). The maximum Gasteiger partial charge on any atom is 0.416 e. The number of hydrogen-bond donors (Lipinski definition) is 0. The molecule has 25 heavy (non-hydrogen) atoms. The molecule has 0 radical (unpaired) electrons. The van der Waals surface area contributed by atoms with Gasteiger partial charge in [-0.15, -0.1) is 0 Å². The van der Waals surface area contributed by atoms with E-state index in [4.69, 9.17) is 4.74 Å². The van der Waals surface area contributed by atoms with Crippen molar-refractivity contribution in [3.05, 3.63) is 64.2 Å². The normalized spacial score (nSPS) is 12.4. The smallest absolute Gasteiger partial charge is 0.416 e. The van der Waals surface area contributed by atoms with Gasteiger partial charge in [0.15, 0.2) is 0 Å². The molecular formula is C15H10F3NO5S. The number of ether oxygens (including phenoxy) is 1. The van der Waals surface area contributed by atoms with Gasteiger partial charge in [-0.25, -0.2) is 0 Å². The number of halogens is 3. The van der Waals surface area contributed by atoms with Crippen molar-refractivity contribution in [1.29, 1.82) is 0 Å². The van der Waals surface area contributed by atoms with E-state index in [2.05, 4.69) is 0 Å². The fourth-order valence-electron chi connectivity index (χ4n) is 1.86. The maximum absolute atomic E-state index is 12.6. The number of nitro benzene ring substituents is 1. The summed E-state index contributed by atoms with van der Waals surface area (Å²) in [6, 6.07) is 9.41. The van der Waals surface area contributed by atoms with Crippen molar-refractivity contribution < 1.29 is 31.8 Å². The number of hydrogen-bond acceptors (Lipinski definition) is 5. The van der Waals surface area contributed by atoms with Crippen LogP contribution in [-0.4, -0.2) is 20.9 Å². The number of para-hydroxylation sites is 1. The van der Waals surface area contributed by atoms with Crippen molar-refractivity contribution in [2.45, 2.75) is 11.1 Å². The first-order valence-corrected chi connectivity index (χ1v) is 8.00.